The number of halogens is 4. The molecule has 0 atom stereocenters. The van der Waals surface area contributed by atoms with Crippen molar-refractivity contribution in [2.45, 2.75) is 13.8 Å². The van der Waals surface area contributed by atoms with Crippen molar-refractivity contribution in [2.75, 3.05) is 5.32 Å². The number of aryl methyl sites for hydroxylation is 2. The van der Waals surface area contributed by atoms with E-state index in [0.717, 1.165) is 11.1 Å². The summed E-state index contributed by atoms with van der Waals surface area (Å²) in [5, 5.41) is 22.2. The fraction of sp³-hybridized carbons (Fsp3) is 0.125. The number of nitrogens with zero attached hydrogens (tertiary/aromatic N) is 2. The van der Waals surface area contributed by atoms with Gasteiger partial charge in [0.05, 0.1) is 31.9 Å². The Morgan fingerprint density at radius 3 is 2.00 bits per heavy atom. The summed E-state index contributed by atoms with van der Waals surface area (Å²) in [4.78, 5) is 0. The van der Waals surface area contributed by atoms with Gasteiger partial charge in [-0.1, -0.05) is 46.4 Å². The molecule has 0 saturated carbocycles. The number of rotatable bonds is 2. The molecule has 0 aromatic heterocycles. The summed E-state index contributed by atoms with van der Waals surface area (Å²) in [5.74, 6) is 0. The van der Waals surface area contributed by atoms with Crippen LogP contribution >= 0.6 is 46.4 Å². The molecule has 0 amide bonds. The minimum absolute atomic E-state index is 0.00371. The molecule has 23 heavy (non-hydrogen) atoms. The molecular formula is C16H9Cl4N3. The van der Waals surface area contributed by atoms with Crippen molar-refractivity contribution in [3.05, 3.63) is 54.5 Å². The Labute approximate surface area is 153 Å². The highest BCUT2D eigenvalue weighted by Crippen LogP contribution is 2.42. The molecule has 2 aromatic carbocycles. The van der Waals surface area contributed by atoms with E-state index >= 15 is 0 Å². The zero-order valence-electron chi connectivity index (χ0n) is 12.1. The molecule has 0 radical (unpaired) electrons. The van der Waals surface area contributed by atoms with E-state index < -0.39 is 0 Å². The summed E-state index contributed by atoms with van der Waals surface area (Å²) in [6, 6.07) is 7.44. The van der Waals surface area contributed by atoms with Gasteiger partial charge < -0.3 is 5.32 Å². The highest BCUT2D eigenvalue weighted by atomic mass is 35.5. The molecule has 2 aromatic rings. The maximum absolute atomic E-state index is 9.37. The minimum atomic E-state index is -0.0322. The van der Waals surface area contributed by atoms with Crippen LogP contribution in [0.3, 0.4) is 0 Å². The van der Waals surface area contributed by atoms with E-state index in [1.54, 1.807) is 6.07 Å². The van der Waals surface area contributed by atoms with Gasteiger partial charge in [-0.05, 0) is 37.1 Å². The third-order valence-electron chi connectivity index (χ3n) is 3.31. The van der Waals surface area contributed by atoms with Crippen LogP contribution in [-0.2, 0) is 0 Å². The fourth-order valence-electron chi connectivity index (χ4n) is 2.03. The zero-order valence-corrected chi connectivity index (χ0v) is 15.1. The summed E-state index contributed by atoms with van der Waals surface area (Å²) in [5.41, 5.74) is 2.72. The highest BCUT2D eigenvalue weighted by molar-refractivity contribution is 6.46. The molecule has 0 saturated heterocycles. The standard InChI is InChI=1S/C16H9Cl4N3/c1-7-4-12(8(2)3-11(7)17)23-16-10(6-22)13(18)9(5-21)14(19)15(16)20/h3-4,23H,1-2H3. The van der Waals surface area contributed by atoms with Crippen molar-refractivity contribution in [1.82, 2.24) is 0 Å². The fourth-order valence-corrected chi connectivity index (χ4v) is 3.04. The predicted molar refractivity (Wildman–Crippen MR) is 95.1 cm³/mol. The normalized spacial score (nSPS) is 10.1. The van der Waals surface area contributed by atoms with Gasteiger partial charge in [-0.25, -0.2) is 0 Å². The van der Waals surface area contributed by atoms with Gasteiger partial charge >= 0.3 is 0 Å². The Hall–Kier alpha value is -1.62. The lowest BCUT2D eigenvalue weighted by Crippen LogP contribution is -2.00. The molecule has 2 rings (SSSR count). The highest BCUT2D eigenvalue weighted by Gasteiger charge is 2.22. The summed E-state index contributed by atoms with van der Waals surface area (Å²) >= 11 is 24.5. The van der Waals surface area contributed by atoms with Gasteiger partial charge in [0.1, 0.15) is 12.1 Å². The molecule has 0 heterocycles. The monoisotopic (exact) mass is 383 g/mol. The molecule has 7 heteroatoms. The first kappa shape index (κ1) is 17.7. The lowest BCUT2D eigenvalue weighted by molar-refractivity contribution is 1.36. The average molecular weight is 385 g/mol. The topological polar surface area (TPSA) is 59.6 Å². The molecule has 3 nitrogen and oxygen atoms in total. The van der Waals surface area contributed by atoms with Crippen molar-refractivity contribution < 1.29 is 0 Å². The molecule has 0 spiro atoms. The van der Waals surface area contributed by atoms with Crippen LogP contribution in [-0.4, -0.2) is 0 Å². The molecule has 0 aliphatic carbocycles. The first-order valence-corrected chi connectivity index (χ1v) is 7.87. The van der Waals surface area contributed by atoms with Crippen LogP contribution in [0.15, 0.2) is 12.1 Å². The van der Waals surface area contributed by atoms with Crippen molar-refractivity contribution in [2.24, 2.45) is 0 Å². The number of nitrogens with one attached hydrogen (secondary N) is 1. The Kier molecular flexibility index (Phi) is 5.30. The lowest BCUT2D eigenvalue weighted by atomic mass is 10.1. The first-order chi connectivity index (χ1) is 10.8. The zero-order chi connectivity index (χ0) is 17.3. The van der Waals surface area contributed by atoms with Crippen LogP contribution < -0.4 is 5.32 Å². The molecule has 0 unspecified atom stereocenters. The van der Waals surface area contributed by atoms with Gasteiger partial charge in [-0.15, -0.1) is 0 Å². The van der Waals surface area contributed by atoms with E-state index in [2.05, 4.69) is 5.32 Å². The van der Waals surface area contributed by atoms with Gasteiger partial charge in [0, 0.05) is 10.7 Å². The molecule has 0 bridgehead atoms. The third-order valence-corrected chi connectivity index (χ3v) is 4.95. The van der Waals surface area contributed by atoms with Crippen molar-refractivity contribution in [1.29, 1.82) is 10.5 Å². The summed E-state index contributed by atoms with van der Waals surface area (Å²) in [6.07, 6.45) is 0. The van der Waals surface area contributed by atoms with Crippen LogP contribution in [0, 0.1) is 36.5 Å². The number of hydrogen-bond donors (Lipinski definition) is 1. The van der Waals surface area contributed by atoms with Crippen LogP contribution in [0.5, 0.6) is 0 Å². The molecule has 0 aliphatic heterocycles. The van der Waals surface area contributed by atoms with E-state index in [-0.39, 0.29) is 31.9 Å². The quantitative estimate of drug-likeness (QED) is 0.609. The Morgan fingerprint density at radius 2 is 1.43 bits per heavy atom. The molecule has 0 aliphatic rings. The largest absolute Gasteiger partial charge is 0.353 e. The van der Waals surface area contributed by atoms with Crippen molar-refractivity contribution >= 4 is 57.8 Å². The summed E-state index contributed by atoms with van der Waals surface area (Å²) < 4.78 is 0. The molecule has 116 valence electrons. The second kappa shape index (κ2) is 6.87. The van der Waals surface area contributed by atoms with Crippen LogP contribution in [0.4, 0.5) is 11.4 Å². The molecular weight excluding hydrogens is 376 g/mol. The van der Waals surface area contributed by atoms with Crippen LogP contribution in [0.2, 0.25) is 20.1 Å². The summed E-state index contributed by atoms with van der Waals surface area (Å²) in [7, 11) is 0. The second-order valence-electron chi connectivity index (χ2n) is 4.83. The van der Waals surface area contributed by atoms with Gasteiger partial charge in [-0.2, -0.15) is 10.5 Å². The maximum atomic E-state index is 9.37. The number of nitriles is 2. The predicted octanol–water partition coefficient (Wildman–Crippen LogP) is 6.40. The lowest BCUT2D eigenvalue weighted by Gasteiger charge is -2.16. The van der Waals surface area contributed by atoms with Crippen LogP contribution in [0.1, 0.15) is 22.3 Å². The van der Waals surface area contributed by atoms with E-state index in [4.69, 9.17) is 51.7 Å². The Bertz CT molecular complexity index is 892. The molecule has 0 fully saturated rings. The second-order valence-corrected chi connectivity index (χ2v) is 6.37. The van der Waals surface area contributed by atoms with Gasteiger partial charge in [0.2, 0.25) is 0 Å². The smallest absolute Gasteiger partial charge is 0.103 e. The van der Waals surface area contributed by atoms with Gasteiger partial charge in [0.15, 0.2) is 0 Å². The SMILES string of the molecule is Cc1cc(Nc2c(Cl)c(Cl)c(C#N)c(Cl)c2C#N)c(C)cc1Cl. The van der Waals surface area contributed by atoms with Crippen molar-refractivity contribution in [3.8, 4) is 12.1 Å². The Morgan fingerprint density at radius 1 is 0.826 bits per heavy atom. The first-order valence-electron chi connectivity index (χ1n) is 6.36. The van der Waals surface area contributed by atoms with E-state index in [9.17, 15) is 5.26 Å². The third kappa shape index (κ3) is 3.20. The minimum Gasteiger partial charge on any atom is -0.353 e. The average Bonchev–Trinajstić information content (AvgIpc) is 2.50. The Balaban J connectivity index is 2.69. The van der Waals surface area contributed by atoms with Gasteiger partial charge in [0.25, 0.3) is 0 Å². The summed E-state index contributed by atoms with van der Waals surface area (Å²) in [6.45, 7) is 3.72. The number of benzene rings is 2. The maximum Gasteiger partial charge on any atom is 0.103 e. The van der Waals surface area contributed by atoms with E-state index in [0.29, 0.717) is 10.7 Å². The van der Waals surface area contributed by atoms with Crippen molar-refractivity contribution in [3.63, 3.8) is 0 Å². The number of anilines is 2. The van der Waals surface area contributed by atoms with Gasteiger partial charge in [-0.3, -0.25) is 0 Å². The van der Waals surface area contributed by atoms with E-state index in [1.165, 1.54) is 0 Å². The van der Waals surface area contributed by atoms with Crippen LogP contribution in [0.25, 0.3) is 0 Å². The molecule has 1 N–H and O–H groups in total. The number of hydrogen-bond acceptors (Lipinski definition) is 3. The van der Waals surface area contributed by atoms with E-state index in [1.807, 2.05) is 32.1 Å².